The Balaban J connectivity index is 1.33. The molecule has 0 bridgehead atoms. The Kier molecular flexibility index (Phi) is 7.14. The van der Waals surface area contributed by atoms with Crippen molar-refractivity contribution < 1.29 is 14.3 Å². The highest BCUT2D eigenvalue weighted by Gasteiger charge is 2.18. The van der Waals surface area contributed by atoms with Gasteiger partial charge in [0.2, 0.25) is 5.91 Å². The lowest BCUT2D eigenvalue weighted by Crippen LogP contribution is -2.32. The second kappa shape index (κ2) is 10.4. The maximum Gasteiger partial charge on any atom is 0.261 e. The number of carbonyl (C=O) groups excluding carboxylic acids is 2. The molecule has 0 radical (unpaired) electrons. The molecule has 4 rings (SSSR count). The third kappa shape index (κ3) is 5.46. The number of aromatic nitrogens is 2. The van der Waals surface area contributed by atoms with Gasteiger partial charge >= 0.3 is 0 Å². The van der Waals surface area contributed by atoms with Gasteiger partial charge in [0.25, 0.3) is 11.5 Å². The third-order valence-electron chi connectivity index (χ3n) is 5.82. The van der Waals surface area contributed by atoms with Crippen LogP contribution < -0.4 is 16.2 Å². The molecule has 1 unspecified atom stereocenters. The van der Waals surface area contributed by atoms with Crippen LogP contribution in [0.2, 0.25) is 0 Å². The van der Waals surface area contributed by atoms with E-state index >= 15 is 0 Å². The number of aryl methyl sites for hydroxylation is 2. The van der Waals surface area contributed by atoms with Gasteiger partial charge in [-0.1, -0.05) is 24.3 Å². The molecular formula is C25H28N4O4. The second-order valence-corrected chi connectivity index (χ2v) is 8.26. The summed E-state index contributed by atoms with van der Waals surface area (Å²) in [5, 5.41) is 6.28. The van der Waals surface area contributed by atoms with Crippen LogP contribution >= 0.6 is 0 Å². The van der Waals surface area contributed by atoms with Crippen LogP contribution in [0.3, 0.4) is 0 Å². The SMILES string of the molecule is Cc1cccc2c(=O)n(CCCC(=O)Nc3ccccc3C(=O)NCC3CCCO3)cnc12. The summed E-state index contributed by atoms with van der Waals surface area (Å²) in [6.07, 6.45) is 4.21. The largest absolute Gasteiger partial charge is 0.376 e. The number of amides is 2. The van der Waals surface area contributed by atoms with E-state index in [0.717, 1.165) is 25.0 Å². The van der Waals surface area contributed by atoms with Gasteiger partial charge in [0.15, 0.2) is 0 Å². The Hall–Kier alpha value is -3.52. The van der Waals surface area contributed by atoms with E-state index < -0.39 is 0 Å². The number of hydrogen-bond donors (Lipinski definition) is 2. The van der Waals surface area contributed by atoms with Crippen molar-refractivity contribution >= 4 is 28.4 Å². The third-order valence-corrected chi connectivity index (χ3v) is 5.82. The molecule has 1 aliphatic heterocycles. The summed E-state index contributed by atoms with van der Waals surface area (Å²) in [6.45, 7) is 3.49. The Labute approximate surface area is 192 Å². The predicted octanol–water partition coefficient (Wildman–Crippen LogP) is 3.03. The Morgan fingerprint density at radius 2 is 2.03 bits per heavy atom. The van der Waals surface area contributed by atoms with Gasteiger partial charge in [-0.3, -0.25) is 19.0 Å². The molecule has 172 valence electrons. The zero-order chi connectivity index (χ0) is 23.2. The molecule has 1 atom stereocenters. The zero-order valence-electron chi connectivity index (χ0n) is 18.7. The summed E-state index contributed by atoms with van der Waals surface area (Å²) in [5.74, 6) is -0.461. The Morgan fingerprint density at radius 1 is 1.18 bits per heavy atom. The minimum Gasteiger partial charge on any atom is -0.376 e. The molecule has 0 saturated carbocycles. The first-order valence-corrected chi connectivity index (χ1v) is 11.3. The van der Waals surface area contributed by atoms with Gasteiger partial charge in [-0.25, -0.2) is 4.98 Å². The number of ether oxygens (including phenoxy) is 1. The van der Waals surface area contributed by atoms with Gasteiger partial charge in [0, 0.05) is 26.1 Å². The average molecular weight is 449 g/mol. The Morgan fingerprint density at radius 3 is 2.85 bits per heavy atom. The minimum absolute atomic E-state index is 0.0487. The van der Waals surface area contributed by atoms with Crippen molar-refractivity contribution in [1.29, 1.82) is 0 Å². The van der Waals surface area contributed by atoms with Gasteiger partial charge in [0.05, 0.1) is 34.6 Å². The van der Waals surface area contributed by atoms with E-state index in [-0.39, 0.29) is 29.9 Å². The molecule has 1 saturated heterocycles. The van der Waals surface area contributed by atoms with Gasteiger partial charge in [-0.05, 0) is 49.9 Å². The molecule has 2 N–H and O–H groups in total. The van der Waals surface area contributed by atoms with E-state index in [2.05, 4.69) is 15.6 Å². The van der Waals surface area contributed by atoms with Crippen molar-refractivity contribution in [3.8, 4) is 0 Å². The van der Waals surface area contributed by atoms with Crippen molar-refractivity contribution in [2.24, 2.45) is 0 Å². The van der Waals surface area contributed by atoms with E-state index in [4.69, 9.17) is 4.74 Å². The molecule has 0 aliphatic carbocycles. The second-order valence-electron chi connectivity index (χ2n) is 8.26. The number of para-hydroxylation sites is 2. The van der Waals surface area contributed by atoms with Crippen LogP contribution in [0, 0.1) is 6.92 Å². The standard InChI is InChI=1S/C25H28N4O4/c1-17-7-4-10-20-23(17)27-16-29(25(20)32)13-5-12-22(30)28-21-11-3-2-9-19(21)24(31)26-15-18-8-6-14-33-18/h2-4,7,9-11,16,18H,5-6,8,12-15H2,1H3,(H,26,31)(H,28,30). The van der Waals surface area contributed by atoms with Crippen LogP contribution in [0.1, 0.15) is 41.6 Å². The maximum absolute atomic E-state index is 12.7. The number of fused-ring (bicyclic) bond motifs is 1. The lowest BCUT2D eigenvalue weighted by Gasteiger charge is -2.14. The molecule has 1 aliphatic rings. The van der Waals surface area contributed by atoms with E-state index in [0.29, 0.717) is 41.7 Å². The number of hydrogen-bond acceptors (Lipinski definition) is 5. The summed E-state index contributed by atoms with van der Waals surface area (Å²) in [7, 11) is 0. The van der Waals surface area contributed by atoms with Crippen LogP contribution in [0.15, 0.2) is 53.6 Å². The molecule has 2 amide bonds. The number of nitrogens with one attached hydrogen (secondary N) is 2. The topological polar surface area (TPSA) is 102 Å². The van der Waals surface area contributed by atoms with E-state index in [1.54, 1.807) is 30.3 Å². The summed E-state index contributed by atoms with van der Waals surface area (Å²) in [6, 6.07) is 12.5. The van der Waals surface area contributed by atoms with Crippen molar-refractivity contribution in [3.63, 3.8) is 0 Å². The fourth-order valence-electron chi connectivity index (χ4n) is 4.02. The quantitative estimate of drug-likeness (QED) is 0.552. The summed E-state index contributed by atoms with van der Waals surface area (Å²) < 4.78 is 7.07. The zero-order valence-corrected chi connectivity index (χ0v) is 18.7. The normalized spacial score (nSPS) is 15.5. The molecule has 1 fully saturated rings. The van der Waals surface area contributed by atoms with E-state index in [9.17, 15) is 14.4 Å². The van der Waals surface area contributed by atoms with Crippen LogP contribution in [-0.4, -0.2) is 40.6 Å². The lowest BCUT2D eigenvalue weighted by molar-refractivity contribution is -0.116. The highest BCUT2D eigenvalue weighted by molar-refractivity contribution is 6.03. The van der Waals surface area contributed by atoms with Gasteiger partial charge in [0.1, 0.15) is 0 Å². The average Bonchev–Trinajstić information content (AvgIpc) is 3.33. The molecule has 2 heterocycles. The molecule has 8 heteroatoms. The van der Waals surface area contributed by atoms with Crippen LogP contribution in [-0.2, 0) is 16.1 Å². The van der Waals surface area contributed by atoms with Crippen LogP contribution in [0.5, 0.6) is 0 Å². The minimum atomic E-state index is -0.245. The van der Waals surface area contributed by atoms with Crippen LogP contribution in [0.25, 0.3) is 10.9 Å². The number of benzene rings is 2. The lowest BCUT2D eigenvalue weighted by atomic mass is 10.1. The van der Waals surface area contributed by atoms with Crippen LogP contribution in [0.4, 0.5) is 5.69 Å². The van der Waals surface area contributed by atoms with Gasteiger partial charge < -0.3 is 15.4 Å². The van der Waals surface area contributed by atoms with Crippen molar-refractivity contribution in [2.75, 3.05) is 18.5 Å². The molecule has 0 spiro atoms. The van der Waals surface area contributed by atoms with Crippen molar-refractivity contribution in [3.05, 3.63) is 70.3 Å². The van der Waals surface area contributed by atoms with E-state index in [1.807, 2.05) is 19.1 Å². The fraction of sp³-hybridized carbons (Fsp3) is 0.360. The maximum atomic E-state index is 12.7. The first-order valence-electron chi connectivity index (χ1n) is 11.3. The molecule has 1 aromatic heterocycles. The van der Waals surface area contributed by atoms with Gasteiger partial charge in [-0.15, -0.1) is 0 Å². The summed E-state index contributed by atoms with van der Waals surface area (Å²) in [5.41, 5.74) is 2.42. The smallest absolute Gasteiger partial charge is 0.261 e. The molecule has 33 heavy (non-hydrogen) atoms. The first-order chi connectivity index (χ1) is 16.0. The fourth-order valence-corrected chi connectivity index (χ4v) is 4.02. The number of anilines is 1. The highest BCUT2D eigenvalue weighted by Crippen LogP contribution is 2.17. The number of rotatable bonds is 8. The molecule has 3 aromatic rings. The molecule has 2 aromatic carbocycles. The number of carbonyl (C=O) groups is 2. The molecular weight excluding hydrogens is 420 g/mol. The van der Waals surface area contributed by atoms with Crippen molar-refractivity contribution in [1.82, 2.24) is 14.9 Å². The monoisotopic (exact) mass is 448 g/mol. The summed E-state index contributed by atoms with van der Waals surface area (Å²) in [4.78, 5) is 42.2. The predicted molar refractivity (Wildman–Crippen MR) is 126 cm³/mol. The van der Waals surface area contributed by atoms with Crippen molar-refractivity contribution in [2.45, 2.75) is 45.3 Å². The van der Waals surface area contributed by atoms with E-state index in [1.165, 1.54) is 10.9 Å². The number of nitrogens with zero attached hydrogens (tertiary/aromatic N) is 2. The van der Waals surface area contributed by atoms with Gasteiger partial charge in [-0.2, -0.15) is 0 Å². The first kappa shape index (κ1) is 22.7. The molecule has 8 nitrogen and oxygen atoms in total. The summed E-state index contributed by atoms with van der Waals surface area (Å²) >= 11 is 0. The Bertz CT molecular complexity index is 1210. The highest BCUT2D eigenvalue weighted by atomic mass is 16.5.